The van der Waals surface area contributed by atoms with Crippen molar-refractivity contribution < 1.29 is 0 Å². The molecular weight excluding hydrogens is 170 g/mol. The van der Waals surface area contributed by atoms with Crippen LogP contribution in [0.25, 0.3) is 0 Å². The van der Waals surface area contributed by atoms with Crippen molar-refractivity contribution in [2.24, 2.45) is 4.99 Å². The van der Waals surface area contributed by atoms with Crippen molar-refractivity contribution in [3.8, 4) is 0 Å². The smallest absolute Gasteiger partial charge is 0.0373 e. The lowest BCUT2D eigenvalue weighted by molar-refractivity contribution is 0.986. The predicted molar refractivity (Wildman–Crippen MR) is 66.0 cm³/mol. The molecule has 0 atom stereocenters. The summed E-state index contributed by atoms with van der Waals surface area (Å²) in [4.78, 5) is 4.27. The van der Waals surface area contributed by atoms with Crippen LogP contribution in [0.1, 0.15) is 33.6 Å². The van der Waals surface area contributed by atoms with Crippen LogP contribution in [0.3, 0.4) is 0 Å². The highest BCUT2D eigenvalue weighted by atomic mass is 14.7. The van der Waals surface area contributed by atoms with Gasteiger partial charge in [-0.15, -0.1) is 0 Å². The van der Waals surface area contributed by atoms with E-state index in [0.29, 0.717) is 0 Å². The summed E-state index contributed by atoms with van der Waals surface area (Å²) in [6.07, 6.45) is 8.32. The zero-order valence-electron chi connectivity index (χ0n) is 9.80. The Hall–Kier alpha value is -1.11. The molecule has 14 heavy (non-hydrogen) atoms. The molecule has 1 nitrogen and oxygen atoms in total. The molecule has 0 heterocycles. The van der Waals surface area contributed by atoms with Gasteiger partial charge in [0.15, 0.2) is 0 Å². The van der Waals surface area contributed by atoms with E-state index in [2.05, 4.69) is 31.5 Å². The van der Waals surface area contributed by atoms with Crippen LogP contribution in [0.4, 0.5) is 0 Å². The van der Waals surface area contributed by atoms with Gasteiger partial charge < -0.3 is 0 Å². The third kappa shape index (κ3) is 5.52. The number of hydrogen-bond donors (Lipinski definition) is 0. The van der Waals surface area contributed by atoms with Gasteiger partial charge in [0.1, 0.15) is 0 Å². The van der Waals surface area contributed by atoms with Gasteiger partial charge in [-0.05, 0) is 25.8 Å². The molecule has 0 radical (unpaired) electrons. The molecule has 78 valence electrons. The average Bonchev–Trinajstić information content (AvgIpc) is 2.13. The maximum Gasteiger partial charge on any atom is 0.0373 e. The number of aliphatic imine (C=N–C) groups is 1. The molecule has 0 saturated heterocycles. The third-order valence-corrected chi connectivity index (χ3v) is 1.94. The number of nitrogens with zero attached hydrogens (tertiary/aromatic N) is 1. The van der Waals surface area contributed by atoms with Crippen LogP contribution in [0.5, 0.6) is 0 Å². The molecule has 0 unspecified atom stereocenters. The van der Waals surface area contributed by atoms with Crippen molar-refractivity contribution in [2.45, 2.75) is 33.6 Å². The first-order valence-corrected chi connectivity index (χ1v) is 5.08. The van der Waals surface area contributed by atoms with Crippen molar-refractivity contribution in [3.05, 3.63) is 36.0 Å². The van der Waals surface area contributed by atoms with Crippen molar-refractivity contribution in [2.75, 3.05) is 7.05 Å². The first kappa shape index (κ1) is 12.9. The van der Waals surface area contributed by atoms with Crippen molar-refractivity contribution >= 4 is 5.71 Å². The minimum Gasteiger partial charge on any atom is -0.293 e. The highest BCUT2D eigenvalue weighted by molar-refractivity contribution is 5.99. The van der Waals surface area contributed by atoms with E-state index in [0.717, 1.165) is 18.4 Å². The second-order valence-electron chi connectivity index (χ2n) is 3.48. The summed E-state index contributed by atoms with van der Waals surface area (Å²) in [7, 11) is 1.85. The third-order valence-electron chi connectivity index (χ3n) is 1.94. The molecule has 0 aliphatic carbocycles. The SMILES string of the molecule is C=C(C)/C=C\C=C(/C)C(CCC)=NC. The van der Waals surface area contributed by atoms with Gasteiger partial charge in [0.25, 0.3) is 0 Å². The van der Waals surface area contributed by atoms with E-state index in [-0.39, 0.29) is 0 Å². The predicted octanol–water partition coefficient (Wildman–Crippen LogP) is 3.94. The summed E-state index contributed by atoms with van der Waals surface area (Å²) >= 11 is 0. The Bertz CT molecular complexity index is 267. The van der Waals surface area contributed by atoms with E-state index >= 15 is 0 Å². The molecule has 0 aliphatic heterocycles. The molecule has 0 aromatic rings. The second kappa shape index (κ2) is 7.31. The summed E-state index contributed by atoms with van der Waals surface area (Å²) in [5.74, 6) is 0. The summed E-state index contributed by atoms with van der Waals surface area (Å²) in [6.45, 7) is 10.1. The van der Waals surface area contributed by atoms with E-state index in [1.165, 1.54) is 11.3 Å². The van der Waals surface area contributed by atoms with Crippen LogP contribution < -0.4 is 0 Å². The first-order chi connectivity index (χ1) is 6.61. The molecule has 0 spiro atoms. The summed E-state index contributed by atoms with van der Waals surface area (Å²) in [5.41, 5.74) is 3.50. The van der Waals surface area contributed by atoms with Crippen LogP contribution in [-0.4, -0.2) is 12.8 Å². The van der Waals surface area contributed by atoms with Crippen LogP contribution in [0.2, 0.25) is 0 Å². The highest BCUT2D eigenvalue weighted by Gasteiger charge is 1.97. The Morgan fingerprint density at radius 3 is 2.43 bits per heavy atom. The Kier molecular flexibility index (Phi) is 6.73. The molecule has 0 aromatic heterocycles. The standard InChI is InChI=1S/C13H21N/c1-6-8-13(14-5)12(4)10-7-9-11(2)3/h7,9-10H,2,6,8H2,1,3-5H3/b9-7-,12-10+,14-13?. The Morgan fingerprint density at radius 2 is 2.00 bits per heavy atom. The van der Waals surface area contributed by atoms with Crippen molar-refractivity contribution in [1.29, 1.82) is 0 Å². The minimum atomic E-state index is 1.06. The minimum absolute atomic E-state index is 1.06. The molecule has 0 fully saturated rings. The molecule has 0 bridgehead atoms. The molecule has 0 saturated carbocycles. The fourth-order valence-electron chi connectivity index (χ4n) is 1.18. The lowest BCUT2D eigenvalue weighted by Gasteiger charge is -2.02. The van der Waals surface area contributed by atoms with Gasteiger partial charge in [0.2, 0.25) is 0 Å². The number of rotatable bonds is 5. The lowest BCUT2D eigenvalue weighted by atomic mass is 10.1. The van der Waals surface area contributed by atoms with Gasteiger partial charge in [-0.3, -0.25) is 4.99 Å². The average molecular weight is 191 g/mol. The van der Waals surface area contributed by atoms with Gasteiger partial charge in [-0.2, -0.15) is 0 Å². The van der Waals surface area contributed by atoms with Gasteiger partial charge in [0, 0.05) is 12.8 Å². The van der Waals surface area contributed by atoms with Gasteiger partial charge in [0.05, 0.1) is 0 Å². The van der Waals surface area contributed by atoms with Crippen molar-refractivity contribution in [1.82, 2.24) is 0 Å². The Balaban J connectivity index is 4.42. The zero-order chi connectivity index (χ0) is 11.0. The Morgan fingerprint density at radius 1 is 1.36 bits per heavy atom. The molecule has 0 aliphatic rings. The summed E-state index contributed by atoms with van der Waals surface area (Å²) in [6, 6.07) is 0. The number of hydrogen-bond acceptors (Lipinski definition) is 1. The van der Waals surface area contributed by atoms with Crippen LogP contribution in [0, 0.1) is 0 Å². The second-order valence-corrected chi connectivity index (χ2v) is 3.48. The maximum absolute atomic E-state index is 4.27. The van der Waals surface area contributed by atoms with E-state index in [9.17, 15) is 0 Å². The quantitative estimate of drug-likeness (QED) is 0.461. The van der Waals surface area contributed by atoms with Crippen molar-refractivity contribution in [3.63, 3.8) is 0 Å². The normalized spacial score (nSPS) is 13.7. The lowest BCUT2D eigenvalue weighted by Crippen LogP contribution is -1.98. The van der Waals surface area contributed by atoms with Crippen LogP contribution in [0.15, 0.2) is 40.9 Å². The number of allylic oxidation sites excluding steroid dienone is 5. The van der Waals surface area contributed by atoms with E-state index in [1.54, 1.807) is 0 Å². The summed E-state index contributed by atoms with van der Waals surface area (Å²) in [5, 5.41) is 0. The molecular formula is C13H21N. The highest BCUT2D eigenvalue weighted by Crippen LogP contribution is 2.04. The Labute approximate surface area is 87.9 Å². The van der Waals surface area contributed by atoms with E-state index in [1.807, 2.05) is 26.1 Å². The van der Waals surface area contributed by atoms with Gasteiger partial charge in [-0.1, -0.05) is 43.7 Å². The fourth-order valence-corrected chi connectivity index (χ4v) is 1.18. The van der Waals surface area contributed by atoms with Crippen LogP contribution >= 0.6 is 0 Å². The molecule has 1 heteroatoms. The van der Waals surface area contributed by atoms with Gasteiger partial charge >= 0.3 is 0 Å². The largest absolute Gasteiger partial charge is 0.293 e. The zero-order valence-corrected chi connectivity index (χ0v) is 9.80. The van der Waals surface area contributed by atoms with Crippen LogP contribution in [-0.2, 0) is 0 Å². The maximum atomic E-state index is 4.27. The molecule has 0 rings (SSSR count). The fraction of sp³-hybridized carbons (Fsp3) is 0.462. The molecule has 0 aromatic carbocycles. The first-order valence-electron chi connectivity index (χ1n) is 5.08. The van der Waals surface area contributed by atoms with E-state index < -0.39 is 0 Å². The molecule has 0 N–H and O–H groups in total. The monoisotopic (exact) mass is 191 g/mol. The summed E-state index contributed by atoms with van der Waals surface area (Å²) < 4.78 is 0. The van der Waals surface area contributed by atoms with Gasteiger partial charge in [-0.25, -0.2) is 0 Å². The molecule has 0 amide bonds. The topological polar surface area (TPSA) is 12.4 Å². The van der Waals surface area contributed by atoms with E-state index in [4.69, 9.17) is 0 Å².